The van der Waals surface area contributed by atoms with Gasteiger partial charge in [-0.25, -0.2) is 13.4 Å². The normalized spacial score (nSPS) is 19.7. The van der Waals surface area contributed by atoms with Gasteiger partial charge in [0.15, 0.2) is 5.13 Å². The van der Waals surface area contributed by atoms with E-state index in [0.717, 1.165) is 34.2 Å². The van der Waals surface area contributed by atoms with E-state index in [1.807, 2.05) is 26.0 Å². The highest BCUT2D eigenvalue weighted by molar-refractivity contribution is 7.89. The van der Waals surface area contributed by atoms with E-state index >= 15 is 0 Å². The predicted molar refractivity (Wildman–Crippen MR) is 143 cm³/mol. The first-order valence-electron chi connectivity index (χ1n) is 12.3. The minimum Gasteiger partial charge on any atom is -0.376 e. The van der Waals surface area contributed by atoms with Gasteiger partial charge in [-0.15, -0.1) is 0 Å². The molecule has 0 radical (unpaired) electrons. The molecule has 0 bridgehead atoms. The monoisotopic (exact) mass is 547 g/mol. The second-order valence-electron chi connectivity index (χ2n) is 9.61. The third kappa shape index (κ3) is 5.04. The number of rotatable bonds is 6. The Bertz CT molecular complexity index is 1320. The van der Waals surface area contributed by atoms with Gasteiger partial charge < -0.3 is 4.74 Å². The standard InChI is InChI=1S/C26H30ClN3O4S2/c1-17-5-8-21(9-6-17)36(32,33)29-13-11-19(12-14-29)25(31)30(16-20-4-3-15-34-20)26-28-23-18(2)7-10-22(27)24(23)35-26/h5-10,19-20H,3-4,11-16H2,1-2H3. The lowest BCUT2D eigenvalue weighted by molar-refractivity contribution is -0.123. The smallest absolute Gasteiger partial charge is 0.243 e. The van der Waals surface area contributed by atoms with Gasteiger partial charge in [0.2, 0.25) is 15.9 Å². The van der Waals surface area contributed by atoms with Crippen LogP contribution in [0.2, 0.25) is 5.02 Å². The van der Waals surface area contributed by atoms with Crippen molar-refractivity contribution in [2.45, 2.75) is 50.5 Å². The van der Waals surface area contributed by atoms with Gasteiger partial charge in [-0.3, -0.25) is 9.69 Å². The fourth-order valence-corrected chi connectivity index (χ4v) is 7.68. The summed E-state index contributed by atoms with van der Waals surface area (Å²) in [6, 6.07) is 10.7. The lowest BCUT2D eigenvalue weighted by Gasteiger charge is -2.33. The molecule has 3 heterocycles. The second-order valence-corrected chi connectivity index (χ2v) is 12.9. The van der Waals surface area contributed by atoms with Gasteiger partial charge in [0, 0.05) is 25.6 Å². The van der Waals surface area contributed by atoms with Crippen molar-refractivity contribution in [2.75, 3.05) is 31.1 Å². The van der Waals surface area contributed by atoms with Gasteiger partial charge in [0.25, 0.3) is 0 Å². The molecule has 192 valence electrons. The summed E-state index contributed by atoms with van der Waals surface area (Å²) in [6.07, 6.45) is 2.79. The van der Waals surface area contributed by atoms with E-state index in [1.165, 1.54) is 15.6 Å². The summed E-state index contributed by atoms with van der Waals surface area (Å²) in [7, 11) is -3.58. The molecule has 3 aromatic rings. The average Bonchev–Trinajstić information content (AvgIpc) is 3.56. The summed E-state index contributed by atoms with van der Waals surface area (Å²) >= 11 is 7.87. The van der Waals surface area contributed by atoms with Crippen LogP contribution in [0.1, 0.15) is 36.8 Å². The molecule has 5 rings (SSSR count). The number of aromatic nitrogens is 1. The number of fused-ring (bicyclic) bond motifs is 1. The minimum absolute atomic E-state index is 0.0225. The highest BCUT2D eigenvalue weighted by Gasteiger charge is 2.36. The van der Waals surface area contributed by atoms with Crippen LogP contribution in [0.5, 0.6) is 0 Å². The van der Waals surface area contributed by atoms with Crippen molar-refractivity contribution in [3.63, 3.8) is 0 Å². The molecule has 7 nitrogen and oxygen atoms in total. The fraction of sp³-hybridized carbons (Fsp3) is 0.462. The van der Waals surface area contributed by atoms with Crippen molar-refractivity contribution < 1.29 is 17.9 Å². The van der Waals surface area contributed by atoms with Crippen LogP contribution in [-0.2, 0) is 19.6 Å². The van der Waals surface area contributed by atoms with E-state index in [2.05, 4.69) is 0 Å². The number of carbonyl (C=O) groups excluding carboxylic acids is 1. The largest absolute Gasteiger partial charge is 0.376 e. The molecular formula is C26H30ClN3O4S2. The number of thiazole rings is 1. The second kappa shape index (κ2) is 10.4. The van der Waals surface area contributed by atoms with Gasteiger partial charge in [-0.1, -0.05) is 46.7 Å². The Labute approximate surface area is 221 Å². The number of amides is 1. The maximum Gasteiger partial charge on any atom is 0.243 e. The molecule has 2 aliphatic rings. The maximum atomic E-state index is 13.8. The number of aryl methyl sites for hydroxylation is 2. The van der Waals surface area contributed by atoms with Crippen LogP contribution in [-0.4, -0.2) is 56.0 Å². The van der Waals surface area contributed by atoms with Crippen LogP contribution in [0, 0.1) is 19.8 Å². The van der Waals surface area contributed by atoms with Crippen LogP contribution < -0.4 is 4.90 Å². The molecule has 0 saturated carbocycles. The molecule has 0 spiro atoms. The third-order valence-corrected chi connectivity index (χ3v) is 10.5. The van der Waals surface area contributed by atoms with Crippen LogP contribution in [0.4, 0.5) is 5.13 Å². The van der Waals surface area contributed by atoms with E-state index in [0.29, 0.717) is 54.1 Å². The summed E-state index contributed by atoms with van der Waals surface area (Å²) < 4.78 is 34.5. The number of halogens is 1. The van der Waals surface area contributed by atoms with E-state index in [4.69, 9.17) is 21.3 Å². The van der Waals surface area contributed by atoms with E-state index in [-0.39, 0.29) is 17.9 Å². The van der Waals surface area contributed by atoms with Gasteiger partial charge in [0.05, 0.1) is 32.8 Å². The van der Waals surface area contributed by atoms with Crippen molar-refractivity contribution in [3.05, 3.63) is 52.5 Å². The zero-order valence-electron chi connectivity index (χ0n) is 20.4. The highest BCUT2D eigenvalue weighted by atomic mass is 35.5. The number of nitrogens with zero attached hydrogens (tertiary/aromatic N) is 3. The molecule has 36 heavy (non-hydrogen) atoms. The van der Waals surface area contributed by atoms with E-state index < -0.39 is 10.0 Å². The Morgan fingerprint density at radius 3 is 2.50 bits per heavy atom. The minimum atomic E-state index is -3.58. The number of piperidine rings is 1. The Morgan fingerprint density at radius 1 is 1.14 bits per heavy atom. The van der Waals surface area contributed by atoms with Crippen molar-refractivity contribution >= 4 is 54.2 Å². The topological polar surface area (TPSA) is 79.8 Å². The molecule has 2 saturated heterocycles. The zero-order chi connectivity index (χ0) is 25.4. The lowest BCUT2D eigenvalue weighted by Crippen LogP contribution is -2.46. The van der Waals surface area contributed by atoms with Gasteiger partial charge in [0.1, 0.15) is 0 Å². The number of ether oxygens (including phenoxy) is 1. The molecular weight excluding hydrogens is 518 g/mol. The maximum absolute atomic E-state index is 13.8. The number of anilines is 1. The van der Waals surface area contributed by atoms with Crippen molar-refractivity contribution in [1.29, 1.82) is 0 Å². The molecule has 0 aliphatic carbocycles. The Hall–Kier alpha value is -2.04. The van der Waals surface area contributed by atoms with Gasteiger partial charge >= 0.3 is 0 Å². The third-order valence-electron chi connectivity index (χ3n) is 7.06. The summed E-state index contributed by atoms with van der Waals surface area (Å²) in [6.45, 7) is 5.68. The van der Waals surface area contributed by atoms with Crippen molar-refractivity contribution in [1.82, 2.24) is 9.29 Å². The van der Waals surface area contributed by atoms with Crippen molar-refractivity contribution in [3.8, 4) is 0 Å². The molecule has 1 aromatic heterocycles. The van der Waals surface area contributed by atoms with Crippen LogP contribution in [0.3, 0.4) is 0 Å². The molecule has 10 heteroatoms. The van der Waals surface area contributed by atoms with Gasteiger partial charge in [-0.2, -0.15) is 4.31 Å². The number of hydrogen-bond acceptors (Lipinski definition) is 6. The van der Waals surface area contributed by atoms with E-state index in [1.54, 1.807) is 29.2 Å². The first kappa shape index (κ1) is 25.6. The Morgan fingerprint density at radius 2 is 1.86 bits per heavy atom. The number of benzene rings is 2. The predicted octanol–water partition coefficient (Wildman–Crippen LogP) is 5.18. The molecule has 2 aromatic carbocycles. The first-order valence-corrected chi connectivity index (χ1v) is 14.9. The zero-order valence-corrected chi connectivity index (χ0v) is 22.8. The average molecular weight is 548 g/mol. The molecule has 1 unspecified atom stereocenters. The van der Waals surface area contributed by atoms with Crippen LogP contribution in [0.25, 0.3) is 10.2 Å². The van der Waals surface area contributed by atoms with Crippen LogP contribution in [0.15, 0.2) is 41.3 Å². The lowest BCUT2D eigenvalue weighted by atomic mass is 9.96. The summed E-state index contributed by atoms with van der Waals surface area (Å²) in [4.78, 5) is 20.7. The molecule has 1 atom stereocenters. The quantitative estimate of drug-likeness (QED) is 0.425. The molecule has 0 N–H and O–H groups in total. The Balaban J connectivity index is 1.36. The number of carbonyl (C=O) groups is 1. The number of hydrogen-bond donors (Lipinski definition) is 0. The summed E-state index contributed by atoms with van der Waals surface area (Å²) in [5, 5.41) is 1.25. The molecule has 2 fully saturated rings. The van der Waals surface area contributed by atoms with Crippen molar-refractivity contribution in [2.24, 2.45) is 5.92 Å². The first-order chi connectivity index (χ1) is 17.2. The fourth-order valence-electron chi connectivity index (χ4n) is 4.88. The summed E-state index contributed by atoms with van der Waals surface area (Å²) in [5.41, 5.74) is 2.83. The van der Waals surface area contributed by atoms with Crippen LogP contribution >= 0.6 is 22.9 Å². The van der Waals surface area contributed by atoms with E-state index in [9.17, 15) is 13.2 Å². The highest BCUT2D eigenvalue weighted by Crippen LogP contribution is 2.37. The number of sulfonamides is 1. The SMILES string of the molecule is Cc1ccc(S(=O)(=O)N2CCC(C(=O)N(CC3CCCO3)c3nc4c(C)ccc(Cl)c4s3)CC2)cc1. The van der Waals surface area contributed by atoms with Gasteiger partial charge in [-0.05, 0) is 63.3 Å². The summed E-state index contributed by atoms with van der Waals surface area (Å²) in [5.74, 6) is -0.301. The molecule has 1 amide bonds. The Kier molecular flexibility index (Phi) is 7.38. The molecule has 2 aliphatic heterocycles.